The molecule has 21 heavy (non-hydrogen) atoms. The van der Waals surface area contributed by atoms with Gasteiger partial charge in [0.1, 0.15) is 6.04 Å². The van der Waals surface area contributed by atoms with Gasteiger partial charge in [-0.05, 0) is 12.8 Å². The van der Waals surface area contributed by atoms with E-state index in [1.165, 1.54) is 18.0 Å². The molecule has 0 spiro atoms. The van der Waals surface area contributed by atoms with Gasteiger partial charge >= 0.3 is 11.9 Å². The minimum Gasteiger partial charge on any atom is -0.480 e. The molecular weight excluding hydrogens is 278 g/mol. The summed E-state index contributed by atoms with van der Waals surface area (Å²) in [4.78, 5) is 34.3. The third-order valence-electron chi connectivity index (χ3n) is 2.95. The summed E-state index contributed by atoms with van der Waals surface area (Å²) in [5.74, 6) is -2.24. The van der Waals surface area contributed by atoms with Crippen LogP contribution in [0.15, 0.2) is 6.20 Å². The van der Waals surface area contributed by atoms with Gasteiger partial charge in [-0.1, -0.05) is 6.92 Å². The first-order valence-electron chi connectivity index (χ1n) is 6.52. The van der Waals surface area contributed by atoms with Crippen molar-refractivity contribution >= 4 is 17.8 Å². The summed E-state index contributed by atoms with van der Waals surface area (Å²) in [6.07, 6.45) is 1.98. The van der Waals surface area contributed by atoms with E-state index in [1.54, 1.807) is 7.05 Å². The Hall–Kier alpha value is -2.38. The number of hydrogen-bond donors (Lipinski definition) is 2. The Morgan fingerprint density at radius 2 is 2.14 bits per heavy atom. The number of carboxylic acids is 1. The van der Waals surface area contributed by atoms with Crippen molar-refractivity contribution in [1.29, 1.82) is 0 Å². The number of carbonyl (C=O) groups excluding carboxylic acids is 2. The van der Waals surface area contributed by atoms with Crippen molar-refractivity contribution in [2.45, 2.75) is 32.2 Å². The monoisotopic (exact) mass is 297 g/mol. The molecule has 0 aromatic carbocycles. The lowest BCUT2D eigenvalue weighted by molar-refractivity contribution is -0.142. The van der Waals surface area contributed by atoms with Crippen molar-refractivity contribution in [3.8, 4) is 0 Å². The van der Waals surface area contributed by atoms with Crippen molar-refractivity contribution in [3.05, 3.63) is 17.5 Å². The molecule has 0 aliphatic heterocycles. The molecule has 0 fully saturated rings. The lowest BCUT2D eigenvalue weighted by atomic mass is 10.1. The number of methoxy groups -OCH3 is 1. The van der Waals surface area contributed by atoms with Gasteiger partial charge in [0.15, 0.2) is 0 Å². The fraction of sp³-hybridized carbons (Fsp3) is 0.538. The van der Waals surface area contributed by atoms with Gasteiger partial charge < -0.3 is 15.2 Å². The van der Waals surface area contributed by atoms with Crippen molar-refractivity contribution in [3.63, 3.8) is 0 Å². The predicted molar refractivity (Wildman–Crippen MR) is 72.7 cm³/mol. The quantitative estimate of drug-likeness (QED) is 0.692. The number of esters is 1. The van der Waals surface area contributed by atoms with Crippen LogP contribution in [0.5, 0.6) is 0 Å². The zero-order chi connectivity index (χ0) is 16.0. The Balaban J connectivity index is 2.76. The topological polar surface area (TPSA) is 111 Å². The molecule has 8 heteroatoms. The molecule has 2 N–H and O–H groups in total. The van der Waals surface area contributed by atoms with E-state index in [0.29, 0.717) is 17.7 Å². The average Bonchev–Trinajstić information content (AvgIpc) is 2.83. The standard InChI is InChI=1S/C13H19N3O5/c1-4-9-8(7-16(2)15-9)12(18)14-10(13(19)20)5-6-11(17)21-3/h7,10H,4-6H2,1-3H3,(H,14,18)(H,19,20)/t10-/m1/s1. The third kappa shape index (κ3) is 4.59. The lowest BCUT2D eigenvalue weighted by Crippen LogP contribution is -2.41. The second-order valence-electron chi connectivity index (χ2n) is 4.50. The van der Waals surface area contributed by atoms with Crippen molar-refractivity contribution in [2.24, 2.45) is 7.05 Å². The minimum atomic E-state index is -1.20. The maximum Gasteiger partial charge on any atom is 0.326 e. The first-order chi connectivity index (χ1) is 9.88. The molecule has 0 radical (unpaired) electrons. The fourth-order valence-corrected chi connectivity index (χ4v) is 1.84. The molecule has 1 aromatic heterocycles. The van der Waals surface area contributed by atoms with E-state index in [0.717, 1.165) is 0 Å². The second-order valence-corrected chi connectivity index (χ2v) is 4.50. The van der Waals surface area contributed by atoms with Crippen LogP contribution in [0.1, 0.15) is 35.8 Å². The summed E-state index contributed by atoms with van der Waals surface area (Å²) in [7, 11) is 2.90. The molecular formula is C13H19N3O5. The maximum absolute atomic E-state index is 12.1. The number of aliphatic carboxylic acids is 1. The van der Waals surface area contributed by atoms with Crippen LogP contribution in [-0.2, 0) is 27.8 Å². The van der Waals surface area contributed by atoms with Crippen LogP contribution in [0.2, 0.25) is 0 Å². The van der Waals surface area contributed by atoms with Gasteiger partial charge in [0.25, 0.3) is 5.91 Å². The highest BCUT2D eigenvalue weighted by Crippen LogP contribution is 2.08. The normalized spacial score (nSPS) is 11.8. The Kier molecular flexibility index (Phi) is 5.89. The van der Waals surface area contributed by atoms with Crippen LogP contribution in [0.3, 0.4) is 0 Å². The molecule has 116 valence electrons. The van der Waals surface area contributed by atoms with Crippen LogP contribution >= 0.6 is 0 Å². The molecule has 1 aromatic rings. The second kappa shape index (κ2) is 7.41. The number of rotatable bonds is 7. The summed E-state index contributed by atoms with van der Waals surface area (Å²) in [5.41, 5.74) is 0.927. The number of ether oxygens (including phenoxy) is 1. The van der Waals surface area contributed by atoms with Crippen molar-refractivity contribution in [1.82, 2.24) is 15.1 Å². The number of carboxylic acid groups (broad SMARTS) is 1. The Morgan fingerprint density at radius 1 is 1.48 bits per heavy atom. The molecule has 1 heterocycles. The number of nitrogens with one attached hydrogen (secondary N) is 1. The number of aryl methyl sites for hydroxylation is 2. The highest BCUT2D eigenvalue weighted by Gasteiger charge is 2.24. The predicted octanol–water partition coefficient (Wildman–Crippen LogP) is 0.119. The van der Waals surface area contributed by atoms with E-state index in [4.69, 9.17) is 5.11 Å². The van der Waals surface area contributed by atoms with E-state index >= 15 is 0 Å². The van der Waals surface area contributed by atoms with Gasteiger partial charge in [0.05, 0.1) is 18.4 Å². The van der Waals surface area contributed by atoms with E-state index in [9.17, 15) is 14.4 Å². The molecule has 0 aliphatic rings. The highest BCUT2D eigenvalue weighted by atomic mass is 16.5. The summed E-state index contributed by atoms with van der Waals surface area (Å²) >= 11 is 0. The van der Waals surface area contributed by atoms with Gasteiger partial charge in [-0.15, -0.1) is 0 Å². The van der Waals surface area contributed by atoms with Crippen LogP contribution in [0.4, 0.5) is 0 Å². The molecule has 0 saturated heterocycles. The van der Waals surface area contributed by atoms with Crippen LogP contribution in [-0.4, -0.2) is 45.9 Å². The zero-order valence-corrected chi connectivity index (χ0v) is 12.3. The van der Waals surface area contributed by atoms with Gasteiger partial charge in [0, 0.05) is 19.7 Å². The zero-order valence-electron chi connectivity index (χ0n) is 12.3. The van der Waals surface area contributed by atoms with E-state index in [2.05, 4.69) is 15.2 Å². The largest absolute Gasteiger partial charge is 0.480 e. The molecule has 0 aliphatic carbocycles. The Labute approximate surface area is 122 Å². The highest BCUT2D eigenvalue weighted by molar-refractivity contribution is 5.97. The van der Waals surface area contributed by atoms with E-state index in [1.807, 2.05) is 6.92 Å². The number of amides is 1. The number of carbonyl (C=O) groups is 3. The molecule has 8 nitrogen and oxygen atoms in total. The van der Waals surface area contributed by atoms with E-state index in [-0.39, 0.29) is 12.8 Å². The SMILES string of the molecule is CCc1nn(C)cc1C(=O)N[C@H](CCC(=O)OC)C(=O)O. The van der Waals surface area contributed by atoms with Crippen LogP contribution in [0.25, 0.3) is 0 Å². The molecule has 1 atom stereocenters. The smallest absolute Gasteiger partial charge is 0.326 e. The van der Waals surface area contributed by atoms with Gasteiger partial charge in [-0.25, -0.2) is 4.79 Å². The molecule has 0 bridgehead atoms. The number of nitrogens with zero attached hydrogens (tertiary/aromatic N) is 2. The Morgan fingerprint density at radius 3 is 2.67 bits per heavy atom. The van der Waals surface area contributed by atoms with Crippen molar-refractivity contribution < 1.29 is 24.2 Å². The van der Waals surface area contributed by atoms with Gasteiger partial charge in [0.2, 0.25) is 0 Å². The number of hydrogen-bond acceptors (Lipinski definition) is 5. The molecule has 0 unspecified atom stereocenters. The van der Waals surface area contributed by atoms with Gasteiger partial charge in [-0.3, -0.25) is 14.3 Å². The number of aromatic nitrogens is 2. The molecule has 0 saturated carbocycles. The lowest BCUT2D eigenvalue weighted by Gasteiger charge is -2.13. The summed E-state index contributed by atoms with van der Waals surface area (Å²) in [5, 5.41) is 15.6. The molecule has 1 rings (SSSR count). The van der Waals surface area contributed by atoms with Crippen LogP contribution < -0.4 is 5.32 Å². The van der Waals surface area contributed by atoms with Crippen molar-refractivity contribution in [2.75, 3.05) is 7.11 Å². The summed E-state index contributed by atoms with van der Waals surface area (Å²) in [6.45, 7) is 1.85. The van der Waals surface area contributed by atoms with Gasteiger partial charge in [-0.2, -0.15) is 5.10 Å². The third-order valence-corrected chi connectivity index (χ3v) is 2.95. The first-order valence-corrected chi connectivity index (χ1v) is 6.52. The fourth-order valence-electron chi connectivity index (χ4n) is 1.84. The minimum absolute atomic E-state index is 0.0323. The maximum atomic E-state index is 12.1. The van der Waals surface area contributed by atoms with E-state index < -0.39 is 23.9 Å². The molecule has 1 amide bonds. The summed E-state index contributed by atoms with van der Waals surface area (Å²) < 4.78 is 5.95. The average molecular weight is 297 g/mol. The first kappa shape index (κ1) is 16.7. The van der Waals surface area contributed by atoms with Crippen LogP contribution in [0, 0.1) is 0 Å². The Bertz CT molecular complexity index is 538. The summed E-state index contributed by atoms with van der Waals surface area (Å²) in [6, 6.07) is -1.15.